The molecule has 1 saturated heterocycles. The molecule has 17 heavy (non-hydrogen) atoms. The molecule has 0 saturated carbocycles. The fraction of sp³-hybridized carbons (Fsp3) is 0.455. The van der Waals surface area contributed by atoms with E-state index in [0.717, 1.165) is 12.8 Å². The Labute approximate surface area is 108 Å². The van der Waals surface area contributed by atoms with E-state index < -0.39 is 12.0 Å². The summed E-state index contributed by atoms with van der Waals surface area (Å²) < 4.78 is 0. The van der Waals surface area contributed by atoms with Gasteiger partial charge in [-0.05, 0) is 30.7 Å². The van der Waals surface area contributed by atoms with Crippen LogP contribution in [0, 0.1) is 0 Å². The van der Waals surface area contributed by atoms with E-state index in [2.05, 4.69) is 0 Å². The van der Waals surface area contributed by atoms with Crippen molar-refractivity contribution in [3.63, 3.8) is 0 Å². The highest BCUT2D eigenvalue weighted by Crippen LogP contribution is 2.27. The summed E-state index contributed by atoms with van der Waals surface area (Å²) in [6.45, 7) is 0.490. The molecule has 1 N–H and O–H groups in total. The molecule has 4 nitrogen and oxygen atoms in total. The standard InChI is InChI=1S/C11H12ClNO3S/c12-7-4-6-17-9(7)10(14)13-5-2-1-3-8(13)11(15)16/h4,6,8H,1-3,5H2,(H,15,16). The minimum Gasteiger partial charge on any atom is -0.480 e. The molecular weight excluding hydrogens is 262 g/mol. The van der Waals surface area contributed by atoms with Crippen molar-refractivity contribution in [1.29, 1.82) is 0 Å². The quantitative estimate of drug-likeness (QED) is 0.901. The molecule has 1 amide bonds. The van der Waals surface area contributed by atoms with Crippen molar-refractivity contribution in [2.45, 2.75) is 25.3 Å². The van der Waals surface area contributed by atoms with Crippen molar-refractivity contribution in [1.82, 2.24) is 4.90 Å². The Morgan fingerprint density at radius 1 is 1.47 bits per heavy atom. The first-order valence-corrected chi connectivity index (χ1v) is 6.64. The van der Waals surface area contributed by atoms with Crippen LogP contribution in [0.15, 0.2) is 11.4 Å². The number of likely N-dealkylation sites (tertiary alicyclic amines) is 1. The molecule has 92 valence electrons. The van der Waals surface area contributed by atoms with E-state index in [1.165, 1.54) is 16.2 Å². The van der Waals surface area contributed by atoms with Gasteiger partial charge in [-0.2, -0.15) is 0 Å². The summed E-state index contributed by atoms with van der Waals surface area (Å²) in [7, 11) is 0. The summed E-state index contributed by atoms with van der Waals surface area (Å²) in [5.41, 5.74) is 0. The number of hydrogen-bond acceptors (Lipinski definition) is 3. The van der Waals surface area contributed by atoms with Crippen LogP contribution in [0.2, 0.25) is 5.02 Å². The summed E-state index contributed by atoms with van der Waals surface area (Å²) in [5, 5.41) is 11.2. The number of thiophene rings is 1. The summed E-state index contributed by atoms with van der Waals surface area (Å²) in [6, 6.07) is 0.938. The van der Waals surface area contributed by atoms with Crippen LogP contribution in [0.3, 0.4) is 0 Å². The molecule has 0 spiro atoms. The van der Waals surface area contributed by atoms with Crippen LogP contribution >= 0.6 is 22.9 Å². The molecular formula is C11H12ClNO3S. The number of halogens is 1. The van der Waals surface area contributed by atoms with E-state index >= 15 is 0 Å². The number of piperidine rings is 1. The van der Waals surface area contributed by atoms with E-state index in [1.54, 1.807) is 11.4 Å². The number of aliphatic carboxylic acids is 1. The number of hydrogen-bond donors (Lipinski definition) is 1. The highest BCUT2D eigenvalue weighted by Gasteiger charge is 2.33. The maximum atomic E-state index is 12.2. The predicted molar refractivity (Wildman–Crippen MR) is 65.6 cm³/mol. The lowest BCUT2D eigenvalue weighted by atomic mass is 10.0. The molecule has 2 heterocycles. The Kier molecular flexibility index (Phi) is 3.69. The second-order valence-corrected chi connectivity index (χ2v) is 5.27. The van der Waals surface area contributed by atoms with Gasteiger partial charge in [0, 0.05) is 6.54 Å². The average Bonchev–Trinajstić information content (AvgIpc) is 2.74. The Morgan fingerprint density at radius 3 is 2.82 bits per heavy atom. The van der Waals surface area contributed by atoms with E-state index in [-0.39, 0.29) is 5.91 Å². The third-order valence-corrected chi connectivity index (χ3v) is 4.19. The lowest BCUT2D eigenvalue weighted by Crippen LogP contribution is -2.47. The lowest BCUT2D eigenvalue weighted by Gasteiger charge is -2.32. The van der Waals surface area contributed by atoms with Crippen molar-refractivity contribution in [3.8, 4) is 0 Å². The molecule has 0 radical (unpaired) electrons. The molecule has 6 heteroatoms. The normalized spacial score (nSPS) is 20.3. The third-order valence-electron chi connectivity index (χ3n) is 2.86. The van der Waals surface area contributed by atoms with Gasteiger partial charge in [-0.25, -0.2) is 4.79 Å². The molecule has 1 atom stereocenters. The van der Waals surface area contributed by atoms with Gasteiger partial charge >= 0.3 is 5.97 Å². The molecule has 1 aliphatic rings. The van der Waals surface area contributed by atoms with Gasteiger partial charge in [0.2, 0.25) is 0 Å². The van der Waals surface area contributed by atoms with Gasteiger partial charge in [-0.3, -0.25) is 4.79 Å². The number of rotatable bonds is 2. The number of nitrogens with zero attached hydrogens (tertiary/aromatic N) is 1. The van der Waals surface area contributed by atoms with Crippen LogP contribution in [0.4, 0.5) is 0 Å². The van der Waals surface area contributed by atoms with Gasteiger partial charge in [0.05, 0.1) is 5.02 Å². The van der Waals surface area contributed by atoms with Gasteiger partial charge in [0.25, 0.3) is 5.91 Å². The summed E-state index contributed by atoms with van der Waals surface area (Å²) in [4.78, 5) is 25.1. The molecule has 0 bridgehead atoms. The first-order valence-electron chi connectivity index (χ1n) is 5.38. The molecule has 1 aromatic rings. The topological polar surface area (TPSA) is 57.6 Å². The molecule has 1 aromatic heterocycles. The molecule has 2 rings (SSSR count). The van der Waals surface area contributed by atoms with Crippen molar-refractivity contribution in [3.05, 3.63) is 21.3 Å². The fourth-order valence-corrected chi connectivity index (χ4v) is 3.10. The fourth-order valence-electron chi connectivity index (χ4n) is 2.01. The Bertz CT molecular complexity index is 446. The lowest BCUT2D eigenvalue weighted by molar-refractivity contribution is -0.143. The van der Waals surface area contributed by atoms with E-state index in [9.17, 15) is 9.59 Å². The number of carboxylic acids is 1. The third kappa shape index (κ3) is 2.45. The highest BCUT2D eigenvalue weighted by molar-refractivity contribution is 7.12. The second kappa shape index (κ2) is 5.06. The summed E-state index contributed by atoms with van der Waals surface area (Å²) in [5.74, 6) is -1.21. The molecule has 0 aromatic carbocycles. The molecule has 1 fully saturated rings. The van der Waals surface area contributed by atoms with E-state index in [0.29, 0.717) is 22.9 Å². The maximum absolute atomic E-state index is 12.2. The van der Waals surface area contributed by atoms with Crippen LogP contribution in [0.1, 0.15) is 28.9 Å². The van der Waals surface area contributed by atoms with Crippen molar-refractivity contribution in [2.75, 3.05) is 6.54 Å². The zero-order valence-corrected chi connectivity index (χ0v) is 10.6. The molecule has 1 aliphatic heterocycles. The number of carboxylic acid groups (broad SMARTS) is 1. The Balaban J connectivity index is 2.23. The predicted octanol–water partition coefficient (Wildman–Crippen LogP) is 2.48. The van der Waals surface area contributed by atoms with Gasteiger partial charge in [0.15, 0.2) is 0 Å². The van der Waals surface area contributed by atoms with E-state index in [1.807, 2.05) is 0 Å². The number of amides is 1. The van der Waals surface area contributed by atoms with E-state index in [4.69, 9.17) is 16.7 Å². The SMILES string of the molecule is O=C(O)C1CCCCN1C(=O)c1sccc1Cl. The Morgan fingerprint density at radius 2 is 2.24 bits per heavy atom. The average molecular weight is 274 g/mol. The minimum absolute atomic E-state index is 0.267. The monoisotopic (exact) mass is 273 g/mol. The Hall–Kier alpha value is -1.07. The summed E-state index contributed by atoms with van der Waals surface area (Å²) in [6.07, 6.45) is 2.21. The van der Waals surface area contributed by atoms with Crippen molar-refractivity contribution in [2.24, 2.45) is 0 Å². The van der Waals surface area contributed by atoms with Crippen molar-refractivity contribution < 1.29 is 14.7 Å². The maximum Gasteiger partial charge on any atom is 0.326 e. The van der Waals surface area contributed by atoms with Crippen molar-refractivity contribution >= 4 is 34.8 Å². The number of carbonyl (C=O) groups excluding carboxylic acids is 1. The first kappa shape index (κ1) is 12.4. The first-order chi connectivity index (χ1) is 8.11. The largest absolute Gasteiger partial charge is 0.480 e. The van der Waals surface area contributed by atoms with Crippen LogP contribution in [-0.2, 0) is 4.79 Å². The van der Waals surface area contributed by atoms with Gasteiger partial charge in [-0.1, -0.05) is 11.6 Å². The number of carbonyl (C=O) groups is 2. The molecule has 1 unspecified atom stereocenters. The zero-order chi connectivity index (χ0) is 12.4. The minimum atomic E-state index is -0.939. The van der Waals surface area contributed by atoms with Gasteiger partial charge < -0.3 is 10.0 Å². The zero-order valence-electron chi connectivity index (χ0n) is 9.06. The second-order valence-electron chi connectivity index (χ2n) is 3.95. The summed E-state index contributed by atoms with van der Waals surface area (Å²) >= 11 is 7.15. The van der Waals surface area contributed by atoms with Crippen LogP contribution < -0.4 is 0 Å². The van der Waals surface area contributed by atoms with Crippen LogP contribution in [-0.4, -0.2) is 34.5 Å². The van der Waals surface area contributed by atoms with Gasteiger partial charge in [-0.15, -0.1) is 11.3 Å². The van der Waals surface area contributed by atoms with Gasteiger partial charge in [0.1, 0.15) is 10.9 Å². The molecule has 0 aliphatic carbocycles. The van der Waals surface area contributed by atoms with Crippen LogP contribution in [0.5, 0.6) is 0 Å². The smallest absolute Gasteiger partial charge is 0.326 e. The van der Waals surface area contributed by atoms with Crippen LogP contribution in [0.25, 0.3) is 0 Å². The highest BCUT2D eigenvalue weighted by atomic mass is 35.5.